The van der Waals surface area contributed by atoms with E-state index in [0.29, 0.717) is 6.42 Å². The van der Waals surface area contributed by atoms with Crippen LogP contribution < -0.4 is 5.32 Å². The second-order valence-electron chi connectivity index (χ2n) is 6.41. The minimum atomic E-state index is -1.21. The van der Waals surface area contributed by atoms with Crippen molar-refractivity contribution in [1.29, 1.82) is 0 Å². The maximum absolute atomic E-state index is 12.1. The second-order valence-corrected chi connectivity index (χ2v) is 6.41. The summed E-state index contributed by atoms with van der Waals surface area (Å²) in [6.45, 7) is 6.94. The molecule has 1 aliphatic rings. The first-order chi connectivity index (χ1) is 9.22. The van der Waals surface area contributed by atoms with Gasteiger partial charge >= 0.3 is 0 Å². The molecule has 1 rings (SSSR count). The number of carbonyl (C=O) groups is 1. The van der Waals surface area contributed by atoms with Gasteiger partial charge in [0.05, 0.1) is 18.8 Å². The first-order valence-corrected chi connectivity index (χ1v) is 7.15. The Balaban J connectivity index is 2.86. The lowest BCUT2D eigenvalue weighted by Crippen LogP contribution is -2.64. The smallest absolute Gasteiger partial charge is 0.225 e. The van der Waals surface area contributed by atoms with Crippen molar-refractivity contribution in [3.8, 4) is 0 Å². The Hall–Kier alpha value is -0.690. The molecule has 0 aliphatic carbocycles. The number of aliphatic hydroxyl groups excluding tert-OH is 3. The number of carbonyl (C=O) groups excluding carboxylic acids is 1. The third kappa shape index (κ3) is 3.91. The molecule has 0 aromatic carbocycles. The predicted octanol–water partition coefficient (Wildman–Crippen LogP) is -0.201. The predicted molar refractivity (Wildman–Crippen MR) is 74.1 cm³/mol. The molecule has 0 saturated carbocycles. The van der Waals surface area contributed by atoms with Crippen LogP contribution in [0.25, 0.3) is 0 Å². The largest absolute Gasteiger partial charge is 0.394 e. The molecule has 6 heteroatoms. The van der Waals surface area contributed by atoms with Gasteiger partial charge in [-0.25, -0.2) is 0 Å². The molecule has 0 aromatic rings. The molecule has 1 saturated heterocycles. The van der Waals surface area contributed by atoms with Gasteiger partial charge in [0.15, 0.2) is 0 Å². The van der Waals surface area contributed by atoms with Crippen LogP contribution >= 0.6 is 0 Å². The molecule has 0 bridgehead atoms. The molecule has 6 nitrogen and oxygen atoms in total. The molecule has 0 spiro atoms. The number of nitrogens with one attached hydrogen (secondary N) is 1. The zero-order chi connectivity index (χ0) is 15.5. The van der Waals surface area contributed by atoms with Crippen molar-refractivity contribution in [3.63, 3.8) is 0 Å². The summed E-state index contributed by atoms with van der Waals surface area (Å²) < 4.78 is 5.61. The monoisotopic (exact) mass is 289 g/mol. The summed E-state index contributed by atoms with van der Waals surface area (Å²) >= 11 is 0. The van der Waals surface area contributed by atoms with Gasteiger partial charge in [-0.05, 0) is 6.42 Å². The Kier molecular flexibility index (Phi) is 5.94. The number of ether oxygens (including phenoxy) is 1. The molecule has 20 heavy (non-hydrogen) atoms. The third-order valence-corrected chi connectivity index (χ3v) is 3.58. The number of hydrogen-bond donors (Lipinski definition) is 4. The summed E-state index contributed by atoms with van der Waals surface area (Å²) in [5.74, 6) is -0.207. The van der Waals surface area contributed by atoms with Crippen LogP contribution in [-0.4, -0.2) is 58.3 Å². The highest BCUT2D eigenvalue weighted by Gasteiger charge is 2.45. The summed E-state index contributed by atoms with van der Waals surface area (Å²) in [5, 5.41) is 32.1. The Bertz CT molecular complexity index is 328. The van der Waals surface area contributed by atoms with Gasteiger partial charge in [0.1, 0.15) is 18.3 Å². The molecule has 4 N–H and O–H groups in total. The van der Waals surface area contributed by atoms with Crippen LogP contribution in [-0.2, 0) is 9.53 Å². The SMILES string of the molecule is CCC[C@H]1O[C@H](CO)[C@@H](O)[C@H](O)[C@@H]1NC(=O)C(C)(C)C. The molecule has 1 amide bonds. The van der Waals surface area contributed by atoms with Crippen LogP contribution in [0.5, 0.6) is 0 Å². The highest BCUT2D eigenvalue weighted by atomic mass is 16.5. The van der Waals surface area contributed by atoms with E-state index >= 15 is 0 Å². The van der Waals surface area contributed by atoms with Crippen LogP contribution in [0, 0.1) is 5.41 Å². The number of hydrogen-bond acceptors (Lipinski definition) is 5. The summed E-state index contributed by atoms with van der Waals surface area (Å²) in [4.78, 5) is 12.1. The summed E-state index contributed by atoms with van der Waals surface area (Å²) in [6.07, 6.45) is -2.14. The van der Waals surface area contributed by atoms with E-state index in [1.54, 1.807) is 20.8 Å². The van der Waals surface area contributed by atoms with Crippen LogP contribution in [0.4, 0.5) is 0 Å². The van der Waals surface area contributed by atoms with E-state index in [-0.39, 0.29) is 12.5 Å². The lowest BCUT2D eigenvalue weighted by atomic mass is 9.88. The van der Waals surface area contributed by atoms with Crippen molar-refractivity contribution in [2.24, 2.45) is 5.41 Å². The van der Waals surface area contributed by atoms with E-state index in [1.165, 1.54) is 0 Å². The van der Waals surface area contributed by atoms with Gasteiger partial charge in [-0.3, -0.25) is 4.79 Å². The van der Waals surface area contributed by atoms with Crippen LogP contribution in [0.1, 0.15) is 40.5 Å². The van der Waals surface area contributed by atoms with Gasteiger partial charge in [-0.2, -0.15) is 0 Å². The van der Waals surface area contributed by atoms with Crippen LogP contribution in [0.2, 0.25) is 0 Å². The normalized spacial score (nSPS) is 34.9. The van der Waals surface area contributed by atoms with Crippen LogP contribution in [0.15, 0.2) is 0 Å². The van der Waals surface area contributed by atoms with Crippen molar-refractivity contribution in [3.05, 3.63) is 0 Å². The Labute approximate surface area is 120 Å². The quantitative estimate of drug-likeness (QED) is 0.574. The number of amides is 1. The molecular formula is C14H27NO5. The average Bonchev–Trinajstić information content (AvgIpc) is 2.36. The Morgan fingerprint density at radius 3 is 2.25 bits per heavy atom. The molecule has 5 atom stereocenters. The summed E-state index contributed by atoms with van der Waals surface area (Å²) in [7, 11) is 0. The molecule has 0 aromatic heterocycles. The molecule has 1 fully saturated rings. The molecule has 0 unspecified atom stereocenters. The van der Waals surface area contributed by atoms with Crippen molar-refractivity contribution >= 4 is 5.91 Å². The lowest BCUT2D eigenvalue weighted by molar-refractivity contribution is -0.197. The average molecular weight is 289 g/mol. The zero-order valence-corrected chi connectivity index (χ0v) is 12.7. The maximum Gasteiger partial charge on any atom is 0.225 e. The van der Waals surface area contributed by atoms with Gasteiger partial charge in [0.25, 0.3) is 0 Å². The van der Waals surface area contributed by atoms with Gasteiger partial charge in [0.2, 0.25) is 5.91 Å². The van der Waals surface area contributed by atoms with E-state index in [0.717, 1.165) is 6.42 Å². The number of aliphatic hydroxyl groups is 3. The van der Waals surface area contributed by atoms with E-state index < -0.39 is 35.9 Å². The lowest BCUT2D eigenvalue weighted by Gasteiger charge is -2.43. The zero-order valence-electron chi connectivity index (χ0n) is 12.7. The Morgan fingerprint density at radius 1 is 1.20 bits per heavy atom. The standard InChI is InChI=1S/C14H27NO5/c1-5-6-8-10(15-13(19)14(2,3)4)12(18)11(17)9(7-16)20-8/h8-12,16-18H,5-7H2,1-4H3,(H,15,19)/t8-,9-,10-,11-,12-/m1/s1. The van der Waals surface area contributed by atoms with E-state index in [1.807, 2.05) is 6.92 Å². The highest BCUT2D eigenvalue weighted by Crippen LogP contribution is 2.25. The molecule has 118 valence electrons. The van der Waals surface area contributed by atoms with E-state index in [4.69, 9.17) is 4.74 Å². The molecule has 1 aliphatic heterocycles. The van der Waals surface area contributed by atoms with Gasteiger partial charge in [-0.1, -0.05) is 34.1 Å². The third-order valence-electron chi connectivity index (χ3n) is 3.58. The second kappa shape index (κ2) is 6.85. The van der Waals surface area contributed by atoms with Gasteiger partial charge in [0, 0.05) is 5.41 Å². The molecule has 0 radical (unpaired) electrons. The topological polar surface area (TPSA) is 99.0 Å². The minimum absolute atomic E-state index is 0.207. The summed E-state index contributed by atoms with van der Waals surface area (Å²) in [6, 6.07) is -0.667. The van der Waals surface area contributed by atoms with Gasteiger partial charge < -0.3 is 25.4 Å². The first-order valence-electron chi connectivity index (χ1n) is 7.15. The molecular weight excluding hydrogens is 262 g/mol. The fourth-order valence-electron chi connectivity index (χ4n) is 2.27. The van der Waals surface area contributed by atoms with Crippen molar-refractivity contribution < 1.29 is 24.9 Å². The Morgan fingerprint density at radius 2 is 1.80 bits per heavy atom. The maximum atomic E-state index is 12.1. The van der Waals surface area contributed by atoms with Crippen molar-refractivity contribution in [2.75, 3.05) is 6.61 Å². The molecule has 1 heterocycles. The first kappa shape index (κ1) is 17.4. The fraction of sp³-hybridized carbons (Fsp3) is 0.929. The van der Waals surface area contributed by atoms with Crippen molar-refractivity contribution in [1.82, 2.24) is 5.32 Å². The van der Waals surface area contributed by atoms with E-state index in [2.05, 4.69) is 5.32 Å². The van der Waals surface area contributed by atoms with Gasteiger partial charge in [-0.15, -0.1) is 0 Å². The minimum Gasteiger partial charge on any atom is -0.394 e. The van der Waals surface area contributed by atoms with E-state index in [9.17, 15) is 20.1 Å². The van der Waals surface area contributed by atoms with Crippen LogP contribution in [0.3, 0.4) is 0 Å². The summed E-state index contributed by atoms with van der Waals surface area (Å²) in [5.41, 5.74) is -0.588. The number of rotatable bonds is 4. The van der Waals surface area contributed by atoms with Crippen molar-refractivity contribution in [2.45, 2.75) is 71.0 Å². The highest BCUT2D eigenvalue weighted by molar-refractivity contribution is 5.81. The fourth-order valence-corrected chi connectivity index (χ4v) is 2.27.